The lowest BCUT2D eigenvalue weighted by atomic mass is 9.97. The number of halogens is 1. The molecule has 1 aliphatic heterocycles. The highest BCUT2D eigenvalue weighted by Gasteiger charge is 2.20. The molecule has 14 heavy (non-hydrogen) atoms. The molecule has 2 nitrogen and oxygen atoms in total. The Kier molecular flexibility index (Phi) is 2.73. The molecule has 1 unspecified atom stereocenters. The molecule has 0 radical (unpaired) electrons. The summed E-state index contributed by atoms with van der Waals surface area (Å²) >= 11 is 6.05. The smallest absolute Gasteiger partial charge is 0.220 e. The van der Waals surface area contributed by atoms with Gasteiger partial charge in [0.25, 0.3) is 0 Å². The van der Waals surface area contributed by atoms with Crippen molar-refractivity contribution in [3.8, 4) is 0 Å². The van der Waals surface area contributed by atoms with Gasteiger partial charge in [0, 0.05) is 11.4 Å². The van der Waals surface area contributed by atoms with Crippen LogP contribution in [-0.4, -0.2) is 5.91 Å². The Morgan fingerprint density at radius 1 is 1.36 bits per heavy atom. The first-order chi connectivity index (χ1) is 6.77. The van der Waals surface area contributed by atoms with Gasteiger partial charge < -0.3 is 5.32 Å². The summed E-state index contributed by atoms with van der Waals surface area (Å²) in [6.45, 7) is 0. The molecule has 1 aromatic carbocycles. The van der Waals surface area contributed by atoms with Gasteiger partial charge in [0.1, 0.15) is 0 Å². The average Bonchev–Trinajstić information content (AvgIpc) is 2.18. The van der Waals surface area contributed by atoms with Gasteiger partial charge in [0.05, 0.1) is 6.04 Å². The fraction of sp³-hybridized carbons (Fsp3) is 0.364. The normalized spacial score (nSPS) is 21.8. The molecule has 1 aliphatic rings. The van der Waals surface area contributed by atoms with E-state index in [4.69, 9.17) is 11.6 Å². The van der Waals surface area contributed by atoms with E-state index >= 15 is 0 Å². The molecular formula is C11H12ClNO. The van der Waals surface area contributed by atoms with Gasteiger partial charge in [-0.15, -0.1) is 0 Å². The quantitative estimate of drug-likeness (QED) is 0.757. The van der Waals surface area contributed by atoms with Gasteiger partial charge in [-0.3, -0.25) is 4.79 Å². The van der Waals surface area contributed by atoms with Gasteiger partial charge in [-0.2, -0.15) is 0 Å². The van der Waals surface area contributed by atoms with Crippen molar-refractivity contribution in [1.29, 1.82) is 0 Å². The third-order valence-electron chi connectivity index (χ3n) is 2.51. The lowest BCUT2D eigenvalue weighted by Crippen LogP contribution is -2.32. The second kappa shape index (κ2) is 4.01. The van der Waals surface area contributed by atoms with E-state index in [1.807, 2.05) is 24.3 Å². The molecule has 1 amide bonds. The van der Waals surface area contributed by atoms with Gasteiger partial charge >= 0.3 is 0 Å². The van der Waals surface area contributed by atoms with Crippen LogP contribution in [0.25, 0.3) is 0 Å². The van der Waals surface area contributed by atoms with E-state index < -0.39 is 0 Å². The van der Waals surface area contributed by atoms with E-state index in [0.717, 1.165) is 23.4 Å². The summed E-state index contributed by atoms with van der Waals surface area (Å²) in [4.78, 5) is 11.2. The Morgan fingerprint density at radius 2 is 2.14 bits per heavy atom. The minimum atomic E-state index is 0.102. The Labute approximate surface area is 88.3 Å². The van der Waals surface area contributed by atoms with Crippen molar-refractivity contribution in [1.82, 2.24) is 5.32 Å². The second-order valence-corrected chi connectivity index (χ2v) is 3.94. The number of carbonyl (C=O) groups excluding carboxylic acids is 1. The molecule has 2 rings (SSSR count). The zero-order valence-corrected chi connectivity index (χ0v) is 8.55. The number of rotatable bonds is 1. The summed E-state index contributed by atoms with van der Waals surface area (Å²) < 4.78 is 0. The zero-order chi connectivity index (χ0) is 9.97. The lowest BCUT2D eigenvalue weighted by molar-refractivity contribution is -0.123. The second-order valence-electron chi connectivity index (χ2n) is 3.53. The zero-order valence-electron chi connectivity index (χ0n) is 7.79. The highest BCUT2D eigenvalue weighted by atomic mass is 35.5. The standard InChI is InChI=1S/C11H12ClNO/c12-9-5-2-1-4-8(9)10-6-3-7-11(14)13-10/h1-2,4-5,10H,3,6-7H2,(H,13,14). The van der Waals surface area contributed by atoms with Crippen LogP contribution in [0.4, 0.5) is 0 Å². The van der Waals surface area contributed by atoms with Crippen LogP contribution in [-0.2, 0) is 4.79 Å². The third-order valence-corrected chi connectivity index (χ3v) is 2.86. The molecule has 3 heteroatoms. The molecule has 74 valence electrons. The molecule has 0 saturated carbocycles. The van der Waals surface area contributed by atoms with Gasteiger partial charge in [0.2, 0.25) is 5.91 Å². The summed E-state index contributed by atoms with van der Waals surface area (Å²) in [5.74, 6) is 0.126. The predicted octanol–water partition coefficient (Wildman–Crippen LogP) is 2.68. The molecule has 0 aromatic heterocycles. The van der Waals surface area contributed by atoms with Crippen LogP contribution in [0.2, 0.25) is 5.02 Å². The topological polar surface area (TPSA) is 29.1 Å². The molecule has 1 aromatic rings. The minimum Gasteiger partial charge on any atom is -0.349 e. The van der Waals surface area contributed by atoms with Crippen LogP contribution in [0.1, 0.15) is 30.9 Å². The first-order valence-electron chi connectivity index (χ1n) is 4.81. The summed E-state index contributed by atoms with van der Waals surface area (Å²) in [5.41, 5.74) is 1.03. The highest BCUT2D eigenvalue weighted by Crippen LogP contribution is 2.28. The van der Waals surface area contributed by atoms with Crippen LogP contribution >= 0.6 is 11.6 Å². The van der Waals surface area contributed by atoms with Gasteiger partial charge in [-0.05, 0) is 24.5 Å². The van der Waals surface area contributed by atoms with Gasteiger partial charge in [-0.25, -0.2) is 0 Å². The Bertz CT molecular complexity index is 351. The van der Waals surface area contributed by atoms with Gasteiger partial charge in [0.15, 0.2) is 0 Å². The fourth-order valence-electron chi connectivity index (χ4n) is 1.80. The Hall–Kier alpha value is -1.02. The molecule has 0 spiro atoms. The summed E-state index contributed by atoms with van der Waals surface area (Å²) in [6.07, 6.45) is 2.57. The number of piperidine rings is 1. The lowest BCUT2D eigenvalue weighted by Gasteiger charge is -2.24. The highest BCUT2D eigenvalue weighted by molar-refractivity contribution is 6.31. The monoisotopic (exact) mass is 209 g/mol. The van der Waals surface area contributed by atoms with Crippen molar-refractivity contribution in [2.75, 3.05) is 0 Å². The molecular weight excluding hydrogens is 198 g/mol. The number of amides is 1. The molecule has 0 aliphatic carbocycles. The summed E-state index contributed by atoms with van der Waals surface area (Å²) in [7, 11) is 0. The van der Waals surface area contributed by atoms with E-state index in [2.05, 4.69) is 5.32 Å². The SMILES string of the molecule is O=C1CCCC(c2ccccc2Cl)N1. The third kappa shape index (κ3) is 1.90. The summed E-state index contributed by atoms with van der Waals surface area (Å²) in [5, 5.41) is 3.69. The predicted molar refractivity (Wildman–Crippen MR) is 56.2 cm³/mol. The van der Waals surface area contributed by atoms with Crippen molar-refractivity contribution in [3.05, 3.63) is 34.9 Å². The largest absolute Gasteiger partial charge is 0.349 e. The van der Waals surface area contributed by atoms with E-state index in [9.17, 15) is 4.79 Å². The van der Waals surface area contributed by atoms with Crippen molar-refractivity contribution >= 4 is 17.5 Å². The maximum absolute atomic E-state index is 11.2. The first kappa shape index (κ1) is 9.53. The number of hydrogen-bond donors (Lipinski definition) is 1. The minimum absolute atomic E-state index is 0.102. The van der Waals surface area contributed by atoms with Crippen LogP contribution in [0.15, 0.2) is 24.3 Å². The number of carbonyl (C=O) groups is 1. The molecule has 1 heterocycles. The average molecular weight is 210 g/mol. The van der Waals surface area contributed by atoms with Crippen molar-refractivity contribution in [2.45, 2.75) is 25.3 Å². The van der Waals surface area contributed by atoms with Crippen LogP contribution in [0, 0.1) is 0 Å². The molecule has 0 bridgehead atoms. The van der Waals surface area contributed by atoms with Gasteiger partial charge in [-0.1, -0.05) is 29.8 Å². The summed E-state index contributed by atoms with van der Waals surface area (Å²) in [6, 6.07) is 7.78. The van der Waals surface area contributed by atoms with Crippen LogP contribution in [0.3, 0.4) is 0 Å². The van der Waals surface area contributed by atoms with Crippen LogP contribution < -0.4 is 5.32 Å². The number of nitrogens with one attached hydrogen (secondary N) is 1. The van der Waals surface area contributed by atoms with Crippen molar-refractivity contribution in [3.63, 3.8) is 0 Å². The maximum atomic E-state index is 11.2. The molecule has 1 atom stereocenters. The first-order valence-corrected chi connectivity index (χ1v) is 5.19. The Balaban J connectivity index is 2.22. The van der Waals surface area contributed by atoms with E-state index in [1.54, 1.807) is 0 Å². The molecule has 1 N–H and O–H groups in total. The van der Waals surface area contributed by atoms with E-state index in [1.165, 1.54) is 0 Å². The van der Waals surface area contributed by atoms with Crippen LogP contribution in [0.5, 0.6) is 0 Å². The number of benzene rings is 1. The maximum Gasteiger partial charge on any atom is 0.220 e. The molecule has 1 saturated heterocycles. The Morgan fingerprint density at radius 3 is 2.86 bits per heavy atom. The van der Waals surface area contributed by atoms with E-state index in [0.29, 0.717) is 6.42 Å². The number of hydrogen-bond acceptors (Lipinski definition) is 1. The van der Waals surface area contributed by atoms with E-state index in [-0.39, 0.29) is 11.9 Å². The van der Waals surface area contributed by atoms with Crippen molar-refractivity contribution < 1.29 is 4.79 Å². The molecule has 1 fully saturated rings. The van der Waals surface area contributed by atoms with Crippen molar-refractivity contribution in [2.24, 2.45) is 0 Å². The fourth-order valence-corrected chi connectivity index (χ4v) is 2.06.